The lowest BCUT2D eigenvalue weighted by molar-refractivity contribution is -0.0324. The molecule has 25 heavy (non-hydrogen) atoms. The summed E-state index contributed by atoms with van der Waals surface area (Å²) in [5.41, 5.74) is 1.18. The van der Waals surface area contributed by atoms with Crippen LogP contribution in [0.15, 0.2) is 43.0 Å². The highest BCUT2D eigenvalue weighted by Crippen LogP contribution is 2.32. The van der Waals surface area contributed by atoms with Crippen molar-refractivity contribution in [2.75, 3.05) is 4.43 Å². The molecule has 2 aromatic carbocycles. The summed E-state index contributed by atoms with van der Waals surface area (Å²) in [5.74, 6) is 0.128. The molecule has 3 heteroatoms. The van der Waals surface area contributed by atoms with Gasteiger partial charge in [0.1, 0.15) is 5.60 Å². The van der Waals surface area contributed by atoms with Crippen LogP contribution in [0.4, 0.5) is 0 Å². The fraction of sp³-hybridized carbons (Fsp3) is 0.409. The molecule has 0 amide bonds. The largest absolute Gasteiger partial charge is 0.456 e. The lowest BCUT2D eigenvalue weighted by Gasteiger charge is -2.34. The van der Waals surface area contributed by atoms with E-state index in [0.717, 1.165) is 40.0 Å². The molecule has 0 aliphatic carbocycles. The van der Waals surface area contributed by atoms with Crippen LogP contribution in [0.3, 0.4) is 0 Å². The molecule has 0 radical (unpaired) electrons. The zero-order valence-electron chi connectivity index (χ0n) is 15.3. The van der Waals surface area contributed by atoms with Gasteiger partial charge in [0.05, 0.1) is 5.56 Å². The Labute approximate surface area is 164 Å². The van der Waals surface area contributed by atoms with Gasteiger partial charge >= 0.3 is 5.97 Å². The van der Waals surface area contributed by atoms with Crippen LogP contribution in [0.5, 0.6) is 0 Å². The lowest BCUT2D eigenvalue weighted by Crippen LogP contribution is -2.37. The van der Waals surface area contributed by atoms with Crippen LogP contribution in [-0.2, 0) is 4.74 Å². The predicted octanol–water partition coefficient (Wildman–Crippen LogP) is 6.66. The molecule has 2 nitrogen and oxygen atoms in total. The molecule has 0 spiro atoms. The van der Waals surface area contributed by atoms with Gasteiger partial charge in [0.15, 0.2) is 0 Å². The van der Waals surface area contributed by atoms with Gasteiger partial charge in [-0.05, 0) is 59.4 Å². The van der Waals surface area contributed by atoms with Crippen molar-refractivity contribution in [1.29, 1.82) is 0 Å². The number of hydrogen-bond donors (Lipinski definition) is 0. The van der Waals surface area contributed by atoms with Gasteiger partial charge in [0, 0.05) is 0 Å². The Morgan fingerprint density at radius 1 is 1.20 bits per heavy atom. The normalized spacial score (nSPS) is 12.8. The monoisotopic (exact) mass is 450 g/mol. The molecule has 0 saturated carbocycles. The van der Waals surface area contributed by atoms with Crippen LogP contribution in [0, 0.1) is 5.92 Å². The van der Waals surface area contributed by atoms with E-state index in [2.05, 4.69) is 36.1 Å². The highest BCUT2D eigenvalue weighted by Gasteiger charge is 2.33. The second-order valence-corrected chi connectivity index (χ2v) is 7.99. The Morgan fingerprint density at radius 3 is 2.48 bits per heavy atom. The number of hydrogen-bond acceptors (Lipinski definition) is 2. The van der Waals surface area contributed by atoms with Crippen LogP contribution in [0.1, 0.15) is 56.0 Å². The Balaban J connectivity index is 2.35. The molecule has 0 saturated heterocycles. The van der Waals surface area contributed by atoms with Crippen molar-refractivity contribution < 1.29 is 9.53 Å². The minimum Gasteiger partial charge on any atom is -0.456 e. The van der Waals surface area contributed by atoms with Crippen LogP contribution in [-0.4, -0.2) is 16.0 Å². The van der Waals surface area contributed by atoms with Crippen molar-refractivity contribution in [3.63, 3.8) is 0 Å². The van der Waals surface area contributed by atoms with Crippen molar-refractivity contribution in [2.24, 2.45) is 5.92 Å². The number of esters is 1. The van der Waals surface area contributed by atoms with Gasteiger partial charge < -0.3 is 4.74 Å². The van der Waals surface area contributed by atoms with Crippen molar-refractivity contribution in [1.82, 2.24) is 0 Å². The number of carbonyl (C=O) groups excluding carboxylic acids is 1. The molecule has 134 valence electrons. The second-order valence-electron chi connectivity index (χ2n) is 6.91. The molecule has 1 atom stereocenters. The first-order chi connectivity index (χ1) is 11.9. The number of benzene rings is 2. The van der Waals surface area contributed by atoms with Gasteiger partial charge in [0.2, 0.25) is 0 Å². The summed E-state index contributed by atoms with van der Waals surface area (Å²) >= 11 is 2.40. The number of ether oxygens (including phenoxy) is 1. The average Bonchev–Trinajstić information content (AvgIpc) is 2.60. The van der Waals surface area contributed by atoms with Gasteiger partial charge in [-0.1, -0.05) is 78.9 Å². The molecule has 0 aliphatic rings. The van der Waals surface area contributed by atoms with E-state index in [-0.39, 0.29) is 5.97 Å². The number of halogens is 1. The fourth-order valence-corrected chi connectivity index (χ4v) is 4.13. The third-order valence-electron chi connectivity index (χ3n) is 4.83. The van der Waals surface area contributed by atoms with E-state index in [0.29, 0.717) is 11.5 Å². The SMILES string of the molecule is C=Cc1ccc(C(=O)OC(C)(C)C(CCC)CCI)c2ccccc12. The molecule has 0 bridgehead atoms. The van der Waals surface area contributed by atoms with Crippen molar-refractivity contribution >= 4 is 45.4 Å². The van der Waals surface area contributed by atoms with E-state index in [1.807, 2.05) is 56.3 Å². The molecule has 0 aromatic heterocycles. The van der Waals surface area contributed by atoms with E-state index in [9.17, 15) is 4.79 Å². The van der Waals surface area contributed by atoms with E-state index in [4.69, 9.17) is 4.74 Å². The Hall–Kier alpha value is -1.36. The Kier molecular flexibility index (Phi) is 7.05. The summed E-state index contributed by atoms with van der Waals surface area (Å²) < 4.78 is 7.07. The van der Waals surface area contributed by atoms with Crippen molar-refractivity contribution in [2.45, 2.75) is 45.6 Å². The third kappa shape index (κ3) is 4.63. The number of carbonyl (C=O) groups is 1. The van der Waals surface area contributed by atoms with E-state index < -0.39 is 5.60 Å². The van der Waals surface area contributed by atoms with Gasteiger partial charge in [-0.15, -0.1) is 0 Å². The molecule has 0 fully saturated rings. The first kappa shape index (κ1) is 20.0. The summed E-state index contributed by atoms with van der Waals surface area (Å²) in [6, 6.07) is 11.7. The molecule has 0 heterocycles. The van der Waals surface area contributed by atoms with Gasteiger partial charge in [0.25, 0.3) is 0 Å². The summed E-state index contributed by atoms with van der Waals surface area (Å²) in [4.78, 5) is 12.9. The maximum atomic E-state index is 12.9. The van der Waals surface area contributed by atoms with Crippen LogP contribution in [0.25, 0.3) is 16.8 Å². The maximum Gasteiger partial charge on any atom is 0.339 e. The van der Waals surface area contributed by atoms with Crippen molar-refractivity contribution in [3.05, 3.63) is 54.1 Å². The van der Waals surface area contributed by atoms with Crippen LogP contribution < -0.4 is 0 Å². The minimum absolute atomic E-state index is 0.244. The summed E-state index contributed by atoms with van der Waals surface area (Å²) in [6.07, 6.45) is 5.04. The molecular weight excluding hydrogens is 423 g/mol. The van der Waals surface area contributed by atoms with Crippen molar-refractivity contribution in [3.8, 4) is 0 Å². The van der Waals surface area contributed by atoms with Gasteiger partial charge in [-0.2, -0.15) is 0 Å². The zero-order valence-corrected chi connectivity index (χ0v) is 17.5. The predicted molar refractivity (Wildman–Crippen MR) is 115 cm³/mol. The molecule has 2 rings (SSSR count). The summed E-state index contributed by atoms with van der Waals surface area (Å²) in [7, 11) is 0. The average molecular weight is 450 g/mol. The van der Waals surface area contributed by atoms with Gasteiger partial charge in [-0.25, -0.2) is 4.79 Å². The topological polar surface area (TPSA) is 26.3 Å². The van der Waals surface area contributed by atoms with Crippen LogP contribution >= 0.6 is 22.6 Å². The Bertz CT molecular complexity index is 743. The second kappa shape index (κ2) is 8.84. The number of alkyl halides is 1. The maximum absolute atomic E-state index is 12.9. The molecule has 0 N–H and O–H groups in total. The quantitative estimate of drug-likeness (QED) is 0.255. The standard InChI is InChI=1S/C22H27IO2/c1-5-9-17(14-15-23)22(3,4)25-21(24)20-13-12-16(6-2)18-10-7-8-11-19(18)20/h6-8,10-13,17H,2,5,9,14-15H2,1,3-4H3. The summed E-state index contributed by atoms with van der Waals surface area (Å²) in [5, 5.41) is 1.95. The van der Waals surface area contributed by atoms with E-state index in [1.54, 1.807) is 0 Å². The van der Waals surface area contributed by atoms with E-state index >= 15 is 0 Å². The zero-order chi connectivity index (χ0) is 18.4. The minimum atomic E-state index is -0.476. The van der Waals surface area contributed by atoms with Crippen LogP contribution in [0.2, 0.25) is 0 Å². The highest BCUT2D eigenvalue weighted by atomic mass is 127. The molecule has 1 unspecified atom stereocenters. The number of rotatable bonds is 8. The first-order valence-electron chi connectivity index (χ1n) is 8.88. The lowest BCUT2D eigenvalue weighted by atomic mass is 9.85. The van der Waals surface area contributed by atoms with E-state index in [1.165, 1.54) is 0 Å². The Morgan fingerprint density at radius 2 is 1.88 bits per heavy atom. The third-order valence-corrected chi connectivity index (χ3v) is 5.45. The smallest absolute Gasteiger partial charge is 0.339 e. The molecular formula is C22H27IO2. The fourth-order valence-electron chi connectivity index (χ4n) is 3.38. The number of fused-ring (bicyclic) bond motifs is 1. The molecule has 2 aromatic rings. The summed E-state index contributed by atoms with van der Waals surface area (Å²) in [6.45, 7) is 10.1. The molecule has 0 aliphatic heterocycles. The first-order valence-corrected chi connectivity index (χ1v) is 10.4. The highest BCUT2D eigenvalue weighted by molar-refractivity contribution is 14.1. The van der Waals surface area contributed by atoms with Gasteiger partial charge in [-0.3, -0.25) is 0 Å².